The average molecular weight is 333 g/mol. The van der Waals surface area contributed by atoms with Crippen LogP contribution in [-0.4, -0.2) is 19.2 Å². The number of amides is 1. The number of benzene rings is 2. The summed E-state index contributed by atoms with van der Waals surface area (Å²) in [5.41, 5.74) is 3.90. The summed E-state index contributed by atoms with van der Waals surface area (Å²) in [6.07, 6.45) is 1.58. The molecule has 4 nitrogen and oxygen atoms in total. The maximum Gasteiger partial charge on any atom is 0.271 e. The Hall–Kier alpha value is -2.14. The maximum atomic E-state index is 11.8. The molecule has 0 aliphatic rings. The second-order valence-electron chi connectivity index (χ2n) is 3.98. The quantitative estimate of drug-likeness (QED) is 0.690. The third-order valence-corrected chi connectivity index (χ3v) is 3.08. The van der Waals surface area contributed by atoms with Gasteiger partial charge in [-0.25, -0.2) is 5.43 Å². The average Bonchev–Trinajstić information content (AvgIpc) is 2.48. The van der Waals surface area contributed by atoms with Gasteiger partial charge >= 0.3 is 0 Å². The van der Waals surface area contributed by atoms with Gasteiger partial charge in [0.1, 0.15) is 5.75 Å². The fourth-order valence-corrected chi connectivity index (χ4v) is 1.95. The van der Waals surface area contributed by atoms with Crippen LogP contribution < -0.4 is 10.2 Å². The van der Waals surface area contributed by atoms with E-state index in [9.17, 15) is 4.79 Å². The summed E-state index contributed by atoms with van der Waals surface area (Å²) in [7, 11) is 1.61. The molecule has 102 valence electrons. The Bertz CT molecular complexity index is 624. The zero-order chi connectivity index (χ0) is 14.4. The molecule has 0 radical (unpaired) electrons. The Morgan fingerprint density at radius 2 is 2.00 bits per heavy atom. The van der Waals surface area contributed by atoms with Crippen molar-refractivity contribution in [3.05, 3.63) is 64.1 Å². The molecule has 0 heterocycles. The van der Waals surface area contributed by atoms with E-state index >= 15 is 0 Å². The number of nitrogens with one attached hydrogen (secondary N) is 1. The van der Waals surface area contributed by atoms with Crippen molar-refractivity contribution in [2.24, 2.45) is 5.10 Å². The minimum absolute atomic E-state index is 0.254. The summed E-state index contributed by atoms with van der Waals surface area (Å²) >= 11 is 3.32. The summed E-state index contributed by atoms with van der Waals surface area (Å²) in [6, 6.07) is 14.5. The monoisotopic (exact) mass is 332 g/mol. The van der Waals surface area contributed by atoms with Crippen LogP contribution in [0.25, 0.3) is 0 Å². The third-order valence-electron chi connectivity index (χ3n) is 2.58. The van der Waals surface area contributed by atoms with Gasteiger partial charge in [0.25, 0.3) is 5.91 Å². The Morgan fingerprint density at radius 3 is 2.65 bits per heavy atom. The first-order valence-electron chi connectivity index (χ1n) is 5.92. The summed E-state index contributed by atoms with van der Waals surface area (Å²) in [4.78, 5) is 11.8. The van der Waals surface area contributed by atoms with Crippen LogP contribution in [0, 0.1) is 0 Å². The number of hydrazone groups is 1. The molecule has 1 amide bonds. The van der Waals surface area contributed by atoms with Gasteiger partial charge in [-0.15, -0.1) is 0 Å². The number of rotatable bonds is 4. The number of hydrogen-bond acceptors (Lipinski definition) is 3. The smallest absolute Gasteiger partial charge is 0.271 e. The fraction of sp³-hybridized carbons (Fsp3) is 0.0667. The molecule has 2 aromatic rings. The molecule has 1 N–H and O–H groups in total. The van der Waals surface area contributed by atoms with Gasteiger partial charge in [-0.2, -0.15) is 5.10 Å². The van der Waals surface area contributed by atoms with E-state index in [4.69, 9.17) is 4.74 Å². The molecule has 0 saturated carbocycles. The molecular weight excluding hydrogens is 320 g/mol. The van der Waals surface area contributed by atoms with Crippen LogP contribution >= 0.6 is 15.9 Å². The van der Waals surface area contributed by atoms with E-state index in [0.717, 1.165) is 15.8 Å². The number of ether oxygens (including phenoxy) is 1. The Kier molecular flexibility index (Phi) is 4.90. The molecule has 2 rings (SSSR count). The lowest BCUT2D eigenvalue weighted by molar-refractivity contribution is 0.0955. The largest absolute Gasteiger partial charge is 0.497 e. The van der Waals surface area contributed by atoms with Crippen LogP contribution in [-0.2, 0) is 0 Å². The lowest BCUT2D eigenvalue weighted by Crippen LogP contribution is -2.17. The predicted octanol–water partition coefficient (Wildman–Crippen LogP) is 3.22. The lowest BCUT2D eigenvalue weighted by atomic mass is 10.2. The summed E-state index contributed by atoms with van der Waals surface area (Å²) in [6.45, 7) is 0. The molecule has 0 unspecified atom stereocenters. The van der Waals surface area contributed by atoms with Gasteiger partial charge in [-0.05, 0) is 48.0 Å². The molecule has 0 atom stereocenters. The van der Waals surface area contributed by atoms with E-state index in [0.29, 0.717) is 5.56 Å². The van der Waals surface area contributed by atoms with E-state index < -0.39 is 0 Å². The molecule has 5 heteroatoms. The van der Waals surface area contributed by atoms with Crippen molar-refractivity contribution >= 4 is 28.1 Å². The van der Waals surface area contributed by atoms with Crippen molar-refractivity contribution in [3.8, 4) is 5.75 Å². The highest BCUT2D eigenvalue weighted by Crippen LogP contribution is 2.11. The molecule has 2 aromatic carbocycles. The first-order chi connectivity index (χ1) is 9.69. The minimum atomic E-state index is -0.254. The Balaban J connectivity index is 1.97. The number of carbonyl (C=O) groups is 1. The topological polar surface area (TPSA) is 50.7 Å². The van der Waals surface area contributed by atoms with E-state index in [-0.39, 0.29) is 5.91 Å². The lowest BCUT2D eigenvalue weighted by Gasteiger charge is -2.01. The normalized spacial score (nSPS) is 10.5. The van der Waals surface area contributed by atoms with Gasteiger partial charge in [0.15, 0.2) is 0 Å². The number of methoxy groups -OCH3 is 1. The highest BCUT2D eigenvalue weighted by Gasteiger charge is 2.03. The molecule has 0 bridgehead atoms. The maximum absolute atomic E-state index is 11.8. The predicted molar refractivity (Wildman–Crippen MR) is 82.2 cm³/mol. The summed E-state index contributed by atoms with van der Waals surface area (Å²) < 4.78 is 5.91. The second kappa shape index (κ2) is 6.86. The minimum Gasteiger partial charge on any atom is -0.497 e. The molecule has 0 spiro atoms. The zero-order valence-corrected chi connectivity index (χ0v) is 12.4. The fourth-order valence-electron chi connectivity index (χ4n) is 1.55. The van der Waals surface area contributed by atoms with Gasteiger partial charge in [0.05, 0.1) is 13.3 Å². The van der Waals surface area contributed by atoms with Crippen molar-refractivity contribution in [2.75, 3.05) is 7.11 Å². The van der Waals surface area contributed by atoms with E-state index in [1.54, 1.807) is 31.5 Å². The van der Waals surface area contributed by atoms with Gasteiger partial charge in [0, 0.05) is 10.0 Å². The van der Waals surface area contributed by atoms with Gasteiger partial charge in [0.2, 0.25) is 0 Å². The molecule has 20 heavy (non-hydrogen) atoms. The van der Waals surface area contributed by atoms with Crippen LogP contribution in [0.3, 0.4) is 0 Å². The molecule has 0 aliphatic heterocycles. The third kappa shape index (κ3) is 3.93. The molecular formula is C15H13BrN2O2. The molecule has 0 fully saturated rings. The van der Waals surface area contributed by atoms with E-state index in [2.05, 4.69) is 26.5 Å². The standard InChI is InChI=1S/C15H13BrN2O2/c1-20-14-7-5-11(6-8-14)10-17-18-15(19)12-3-2-4-13(16)9-12/h2-10H,1H3,(H,18,19)/b17-10-. The van der Waals surface area contributed by atoms with Gasteiger partial charge < -0.3 is 4.74 Å². The second-order valence-corrected chi connectivity index (χ2v) is 4.90. The van der Waals surface area contributed by atoms with Gasteiger partial charge in [-0.3, -0.25) is 4.79 Å². The van der Waals surface area contributed by atoms with Crippen molar-refractivity contribution in [1.29, 1.82) is 0 Å². The first kappa shape index (κ1) is 14.3. The zero-order valence-electron chi connectivity index (χ0n) is 10.8. The van der Waals surface area contributed by atoms with E-state index in [1.807, 2.05) is 30.3 Å². The first-order valence-corrected chi connectivity index (χ1v) is 6.71. The Labute approximate surface area is 125 Å². The van der Waals surface area contributed by atoms with Crippen LogP contribution in [0.1, 0.15) is 15.9 Å². The number of nitrogens with zero attached hydrogens (tertiary/aromatic N) is 1. The number of hydrogen-bond donors (Lipinski definition) is 1. The van der Waals surface area contributed by atoms with Crippen LogP contribution in [0.15, 0.2) is 58.1 Å². The highest BCUT2D eigenvalue weighted by atomic mass is 79.9. The van der Waals surface area contributed by atoms with Gasteiger partial charge in [-0.1, -0.05) is 22.0 Å². The van der Waals surface area contributed by atoms with Crippen LogP contribution in [0.4, 0.5) is 0 Å². The summed E-state index contributed by atoms with van der Waals surface area (Å²) in [5, 5.41) is 3.92. The SMILES string of the molecule is COc1ccc(/C=N\NC(=O)c2cccc(Br)c2)cc1. The highest BCUT2D eigenvalue weighted by molar-refractivity contribution is 9.10. The van der Waals surface area contributed by atoms with Crippen molar-refractivity contribution in [3.63, 3.8) is 0 Å². The molecule has 0 saturated heterocycles. The van der Waals surface area contributed by atoms with Crippen molar-refractivity contribution in [1.82, 2.24) is 5.43 Å². The van der Waals surface area contributed by atoms with E-state index in [1.165, 1.54) is 0 Å². The number of carbonyl (C=O) groups excluding carboxylic acids is 1. The molecule has 0 aliphatic carbocycles. The molecule has 0 aromatic heterocycles. The summed E-state index contributed by atoms with van der Waals surface area (Å²) in [5.74, 6) is 0.524. The van der Waals surface area contributed by atoms with Crippen LogP contribution in [0.5, 0.6) is 5.75 Å². The van der Waals surface area contributed by atoms with Crippen LogP contribution in [0.2, 0.25) is 0 Å². The number of halogens is 1. The Morgan fingerprint density at radius 1 is 1.25 bits per heavy atom. The van der Waals surface area contributed by atoms with Crippen molar-refractivity contribution in [2.45, 2.75) is 0 Å². The van der Waals surface area contributed by atoms with Crippen molar-refractivity contribution < 1.29 is 9.53 Å².